The third-order valence-electron chi connectivity index (χ3n) is 6.99. The molecule has 2 rings (SSSR count). The maximum Gasteiger partial charge on any atom is 0.408 e. The minimum absolute atomic E-state index is 0.167. The fourth-order valence-electron chi connectivity index (χ4n) is 4.75. The lowest BCUT2D eigenvalue weighted by molar-refractivity contribution is -0.146. The van der Waals surface area contributed by atoms with Gasteiger partial charge in [0.25, 0.3) is 0 Å². The Balaban J connectivity index is 2.23. The smallest absolute Gasteiger partial charge is 0.408 e. The van der Waals surface area contributed by atoms with Gasteiger partial charge in [0.1, 0.15) is 11.7 Å². The van der Waals surface area contributed by atoms with Gasteiger partial charge in [0.15, 0.2) is 11.5 Å². The van der Waals surface area contributed by atoms with Crippen molar-refractivity contribution in [2.75, 3.05) is 27.4 Å². The highest BCUT2D eigenvalue weighted by molar-refractivity contribution is 5.75. The average Bonchev–Trinajstić information content (AvgIpc) is 3.21. The van der Waals surface area contributed by atoms with Crippen molar-refractivity contribution in [3.8, 4) is 11.5 Å². The van der Waals surface area contributed by atoms with Crippen LogP contribution in [0.5, 0.6) is 11.5 Å². The molecule has 1 heterocycles. The Bertz CT molecular complexity index is 893. The molecule has 1 aromatic rings. The van der Waals surface area contributed by atoms with E-state index in [1.54, 1.807) is 14.2 Å². The Morgan fingerprint density at radius 3 is 2.37 bits per heavy atom. The van der Waals surface area contributed by atoms with Gasteiger partial charge < -0.3 is 29.0 Å². The molecule has 0 saturated carbocycles. The van der Waals surface area contributed by atoms with Crippen molar-refractivity contribution in [2.45, 2.75) is 91.9 Å². The van der Waals surface area contributed by atoms with Crippen LogP contribution in [0.4, 0.5) is 4.79 Å². The number of nitrogens with one attached hydrogen (secondary N) is 1. The highest BCUT2D eigenvalue weighted by Gasteiger charge is 2.42. The predicted molar refractivity (Wildman–Crippen MR) is 148 cm³/mol. The monoisotopic (exact) mass is 535 g/mol. The molecule has 0 radical (unpaired) electrons. The number of benzene rings is 1. The van der Waals surface area contributed by atoms with E-state index in [0.717, 1.165) is 18.4 Å². The van der Waals surface area contributed by atoms with E-state index >= 15 is 0 Å². The standard InChI is InChI=1S/C30H49NO7/c1-19(2)22(15-21-11-12-25(35-9)27(16-21)36-14-10-13-34-8)17-24(31-29(33)38-30(5,6)7)26-18-23(20(3)4)28(32)37-26/h11-12,16,19-20,22-24,26H,10,13-15,17-18H2,1-9H3,(H,31,33)/t22-,23?,24-,26-/m0/s1. The van der Waals surface area contributed by atoms with Crippen molar-refractivity contribution in [1.82, 2.24) is 5.32 Å². The molecule has 4 atom stereocenters. The van der Waals surface area contributed by atoms with Crippen molar-refractivity contribution >= 4 is 12.1 Å². The van der Waals surface area contributed by atoms with E-state index < -0.39 is 11.7 Å². The van der Waals surface area contributed by atoms with Crippen LogP contribution in [-0.4, -0.2) is 57.2 Å². The fourth-order valence-corrected chi connectivity index (χ4v) is 4.75. The van der Waals surface area contributed by atoms with Gasteiger partial charge >= 0.3 is 12.1 Å². The molecule has 1 N–H and O–H groups in total. The highest BCUT2D eigenvalue weighted by Crippen LogP contribution is 2.34. The summed E-state index contributed by atoms with van der Waals surface area (Å²) in [6, 6.07) is 5.66. The number of esters is 1. The number of rotatable bonds is 14. The van der Waals surface area contributed by atoms with Gasteiger partial charge in [0.05, 0.1) is 25.7 Å². The van der Waals surface area contributed by atoms with E-state index in [4.69, 9.17) is 23.7 Å². The molecule has 0 aromatic heterocycles. The van der Waals surface area contributed by atoms with Crippen LogP contribution in [-0.2, 0) is 25.4 Å². The minimum Gasteiger partial charge on any atom is -0.493 e. The van der Waals surface area contributed by atoms with Gasteiger partial charge in [-0.1, -0.05) is 33.8 Å². The summed E-state index contributed by atoms with van der Waals surface area (Å²) in [5.74, 6) is 1.75. The maximum absolute atomic E-state index is 12.8. The summed E-state index contributed by atoms with van der Waals surface area (Å²) >= 11 is 0. The fraction of sp³-hybridized carbons (Fsp3) is 0.733. The van der Waals surface area contributed by atoms with Crippen LogP contribution < -0.4 is 14.8 Å². The molecule has 1 amide bonds. The highest BCUT2D eigenvalue weighted by atomic mass is 16.6. The lowest BCUT2D eigenvalue weighted by Gasteiger charge is -2.31. The Kier molecular flexibility index (Phi) is 12.2. The van der Waals surface area contributed by atoms with E-state index in [2.05, 4.69) is 25.2 Å². The molecule has 0 spiro atoms. The van der Waals surface area contributed by atoms with Crippen LogP contribution in [0.3, 0.4) is 0 Å². The van der Waals surface area contributed by atoms with Gasteiger partial charge in [0, 0.05) is 20.1 Å². The molecular formula is C30H49NO7. The van der Waals surface area contributed by atoms with Crippen molar-refractivity contribution in [2.24, 2.45) is 23.7 Å². The summed E-state index contributed by atoms with van der Waals surface area (Å²) in [7, 11) is 3.31. The second kappa shape index (κ2) is 14.6. The van der Waals surface area contributed by atoms with E-state index in [0.29, 0.717) is 43.5 Å². The van der Waals surface area contributed by atoms with E-state index in [1.807, 2.05) is 46.8 Å². The average molecular weight is 536 g/mol. The van der Waals surface area contributed by atoms with Crippen LogP contribution in [0.15, 0.2) is 18.2 Å². The first-order valence-corrected chi connectivity index (χ1v) is 13.8. The molecule has 1 fully saturated rings. The van der Waals surface area contributed by atoms with Gasteiger partial charge in [0.2, 0.25) is 0 Å². The Labute approximate surface area is 229 Å². The summed E-state index contributed by atoms with van der Waals surface area (Å²) in [6.07, 6.45) is 1.91. The second-order valence-electron chi connectivity index (χ2n) is 11.9. The first-order chi connectivity index (χ1) is 17.8. The summed E-state index contributed by atoms with van der Waals surface area (Å²) in [4.78, 5) is 25.4. The Morgan fingerprint density at radius 2 is 1.82 bits per heavy atom. The SMILES string of the molecule is COCCCOc1cc(C[C@@H](C[C@H](NC(=O)OC(C)(C)C)[C@@H]2CC(C(C)C)C(=O)O2)C(C)C)ccc1OC. The number of hydrogen-bond acceptors (Lipinski definition) is 7. The molecule has 1 aliphatic rings. The quantitative estimate of drug-likeness (QED) is 0.238. The summed E-state index contributed by atoms with van der Waals surface area (Å²) in [5.41, 5.74) is 0.493. The van der Waals surface area contributed by atoms with Crippen molar-refractivity contribution < 1.29 is 33.3 Å². The largest absolute Gasteiger partial charge is 0.493 e. The number of carbonyl (C=O) groups is 2. The van der Waals surface area contributed by atoms with Crippen LogP contribution >= 0.6 is 0 Å². The molecule has 1 aliphatic heterocycles. The molecule has 0 bridgehead atoms. The zero-order valence-electron chi connectivity index (χ0n) is 24.8. The summed E-state index contributed by atoms with van der Waals surface area (Å²) < 4.78 is 28.0. The number of alkyl carbamates (subject to hydrolysis) is 1. The third kappa shape index (κ3) is 10.0. The minimum atomic E-state index is -0.623. The second-order valence-corrected chi connectivity index (χ2v) is 11.9. The Morgan fingerprint density at radius 1 is 1.11 bits per heavy atom. The van der Waals surface area contributed by atoms with Gasteiger partial charge in [-0.15, -0.1) is 0 Å². The molecular weight excluding hydrogens is 486 g/mol. The number of ether oxygens (including phenoxy) is 5. The molecule has 1 saturated heterocycles. The van der Waals surface area contributed by atoms with Crippen molar-refractivity contribution in [1.29, 1.82) is 0 Å². The van der Waals surface area contributed by atoms with E-state index in [1.165, 1.54) is 0 Å². The molecule has 8 nitrogen and oxygen atoms in total. The van der Waals surface area contributed by atoms with Gasteiger partial charge in [-0.3, -0.25) is 4.79 Å². The van der Waals surface area contributed by atoms with Gasteiger partial charge in [-0.05, 0) is 75.5 Å². The predicted octanol–water partition coefficient (Wildman–Crippen LogP) is 5.80. The first kappa shape index (κ1) is 31.7. The zero-order chi connectivity index (χ0) is 28.5. The summed E-state index contributed by atoms with van der Waals surface area (Å²) in [5, 5.41) is 3.04. The van der Waals surface area contributed by atoms with Crippen molar-refractivity contribution in [3.05, 3.63) is 23.8 Å². The van der Waals surface area contributed by atoms with Crippen LogP contribution in [0, 0.1) is 23.7 Å². The lowest BCUT2D eigenvalue weighted by atomic mass is 9.81. The molecule has 216 valence electrons. The van der Waals surface area contributed by atoms with E-state index in [-0.39, 0.29) is 35.9 Å². The lowest BCUT2D eigenvalue weighted by Crippen LogP contribution is -2.47. The Hall–Kier alpha value is -2.48. The normalized spacial score (nSPS) is 19.3. The van der Waals surface area contributed by atoms with Gasteiger partial charge in [-0.25, -0.2) is 4.79 Å². The molecule has 1 unspecified atom stereocenters. The first-order valence-electron chi connectivity index (χ1n) is 13.8. The van der Waals surface area contributed by atoms with Crippen LogP contribution in [0.1, 0.15) is 73.3 Å². The number of amides is 1. The van der Waals surface area contributed by atoms with E-state index in [9.17, 15) is 9.59 Å². The number of carbonyl (C=O) groups excluding carboxylic acids is 2. The number of hydrogen-bond donors (Lipinski definition) is 1. The van der Waals surface area contributed by atoms with Gasteiger partial charge in [-0.2, -0.15) is 0 Å². The molecule has 1 aromatic carbocycles. The van der Waals surface area contributed by atoms with Crippen LogP contribution in [0.2, 0.25) is 0 Å². The number of methoxy groups -OCH3 is 2. The third-order valence-corrected chi connectivity index (χ3v) is 6.99. The molecule has 8 heteroatoms. The topological polar surface area (TPSA) is 92.3 Å². The zero-order valence-corrected chi connectivity index (χ0v) is 24.8. The summed E-state index contributed by atoms with van der Waals surface area (Å²) in [6.45, 7) is 15.1. The van der Waals surface area contributed by atoms with Crippen molar-refractivity contribution in [3.63, 3.8) is 0 Å². The van der Waals surface area contributed by atoms with Crippen LogP contribution in [0.25, 0.3) is 0 Å². The molecule has 38 heavy (non-hydrogen) atoms. The number of cyclic esters (lactones) is 1. The molecule has 0 aliphatic carbocycles. The maximum atomic E-state index is 12.8.